The highest BCUT2D eigenvalue weighted by Gasteiger charge is 2.17. The van der Waals surface area contributed by atoms with E-state index in [-0.39, 0.29) is 24.7 Å². The predicted octanol–water partition coefficient (Wildman–Crippen LogP) is 4.07. The van der Waals surface area contributed by atoms with Gasteiger partial charge in [0.2, 0.25) is 5.75 Å². The lowest BCUT2D eigenvalue weighted by Crippen LogP contribution is -2.04. The number of ether oxygens (including phenoxy) is 2. The van der Waals surface area contributed by atoms with Gasteiger partial charge < -0.3 is 14.6 Å². The standard InChI is InChI=1S/C14H11Cl2NO5/c15-9-1-4-13(11(16)7-9)22-10-2-3-12(17(19)20)14(8-10)21-6-5-18/h1-4,7-8,18H,5-6H2. The van der Waals surface area contributed by atoms with Crippen molar-refractivity contribution in [1.29, 1.82) is 0 Å². The summed E-state index contributed by atoms with van der Waals surface area (Å²) in [5.74, 6) is 0.664. The van der Waals surface area contributed by atoms with Gasteiger partial charge in [0, 0.05) is 17.2 Å². The number of nitro groups is 1. The van der Waals surface area contributed by atoms with E-state index in [1.54, 1.807) is 12.1 Å². The van der Waals surface area contributed by atoms with Crippen molar-refractivity contribution in [3.05, 3.63) is 56.6 Å². The molecule has 2 rings (SSSR count). The smallest absolute Gasteiger partial charge is 0.311 e. The number of aliphatic hydroxyl groups excluding tert-OH is 1. The second-order valence-electron chi connectivity index (χ2n) is 4.14. The van der Waals surface area contributed by atoms with E-state index >= 15 is 0 Å². The normalized spacial score (nSPS) is 10.3. The fourth-order valence-electron chi connectivity index (χ4n) is 1.66. The first-order valence-corrected chi connectivity index (χ1v) is 6.92. The summed E-state index contributed by atoms with van der Waals surface area (Å²) in [6, 6.07) is 8.75. The quantitative estimate of drug-likeness (QED) is 0.631. The van der Waals surface area contributed by atoms with E-state index in [1.165, 1.54) is 24.3 Å². The summed E-state index contributed by atoms with van der Waals surface area (Å²) >= 11 is 11.8. The SMILES string of the molecule is O=[N+]([O-])c1ccc(Oc2ccc(Cl)cc2Cl)cc1OCCO. The molecule has 0 fully saturated rings. The van der Waals surface area contributed by atoms with Crippen molar-refractivity contribution in [3.63, 3.8) is 0 Å². The Morgan fingerprint density at radius 1 is 1.14 bits per heavy atom. The van der Waals surface area contributed by atoms with Crippen LogP contribution in [0, 0.1) is 10.1 Å². The summed E-state index contributed by atoms with van der Waals surface area (Å²) in [6.45, 7) is -0.322. The van der Waals surface area contributed by atoms with Gasteiger partial charge in [0.25, 0.3) is 0 Å². The molecule has 0 saturated heterocycles. The van der Waals surface area contributed by atoms with Gasteiger partial charge in [-0.25, -0.2) is 0 Å². The third-order valence-corrected chi connectivity index (χ3v) is 3.13. The third-order valence-electron chi connectivity index (χ3n) is 2.60. The van der Waals surface area contributed by atoms with Crippen LogP contribution in [0.1, 0.15) is 0 Å². The Labute approximate surface area is 135 Å². The van der Waals surface area contributed by atoms with E-state index in [4.69, 9.17) is 37.8 Å². The molecule has 0 bridgehead atoms. The van der Waals surface area contributed by atoms with Gasteiger partial charge >= 0.3 is 5.69 Å². The Bertz CT molecular complexity index is 693. The van der Waals surface area contributed by atoms with Gasteiger partial charge in [-0.15, -0.1) is 0 Å². The molecule has 0 radical (unpaired) electrons. The summed E-state index contributed by atoms with van der Waals surface area (Å²) in [4.78, 5) is 10.4. The van der Waals surface area contributed by atoms with Crippen LogP contribution < -0.4 is 9.47 Å². The summed E-state index contributed by atoms with van der Waals surface area (Å²) in [6.07, 6.45) is 0. The molecule has 22 heavy (non-hydrogen) atoms. The zero-order chi connectivity index (χ0) is 16.1. The molecule has 0 saturated carbocycles. The first kappa shape index (κ1) is 16.4. The third kappa shape index (κ3) is 4.00. The largest absolute Gasteiger partial charge is 0.484 e. The summed E-state index contributed by atoms with van der Waals surface area (Å²) in [5, 5.41) is 20.5. The molecule has 6 nitrogen and oxygen atoms in total. The Morgan fingerprint density at radius 3 is 2.55 bits per heavy atom. The molecule has 0 atom stereocenters. The number of aliphatic hydroxyl groups is 1. The molecule has 116 valence electrons. The van der Waals surface area contributed by atoms with Crippen LogP contribution in [0.25, 0.3) is 0 Å². The summed E-state index contributed by atoms with van der Waals surface area (Å²) in [5.41, 5.74) is -0.219. The van der Waals surface area contributed by atoms with Crippen LogP contribution in [0.5, 0.6) is 17.2 Å². The van der Waals surface area contributed by atoms with Gasteiger partial charge in [-0.2, -0.15) is 0 Å². The highest BCUT2D eigenvalue weighted by Crippen LogP contribution is 2.36. The van der Waals surface area contributed by atoms with Crippen molar-refractivity contribution in [2.75, 3.05) is 13.2 Å². The summed E-state index contributed by atoms with van der Waals surface area (Å²) < 4.78 is 10.7. The highest BCUT2D eigenvalue weighted by atomic mass is 35.5. The molecule has 1 N–H and O–H groups in total. The number of rotatable bonds is 6. The van der Waals surface area contributed by atoms with Crippen molar-refractivity contribution in [2.24, 2.45) is 0 Å². The number of benzene rings is 2. The van der Waals surface area contributed by atoms with Crippen molar-refractivity contribution < 1.29 is 19.5 Å². The Kier molecular flexibility index (Phi) is 5.43. The molecule has 2 aromatic carbocycles. The van der Waals surface area contributed by atoms with Crippen molar-refractivity contribution >= 4 is 28.9 Å². The van der Waals surface area contributed by atoms with E-state index < -0.39 is 4.92 Å². The van der Waals surface area contributed by atoms with Crippen LogP contribution >= 0.6 is 23.2 Å². The molecule has 0 aromatic heterocycles. The van der Waals surface area contributed by atoms with Gasteiger partial charge in [-0.3, -0.25) is 10.1 Å². The van der Waals surface area contributed by atoms with Crippen LogP contribution in [0.4, 0.5) is 5.69 Å². The van der Waals surface area contributed by atoms with E-state index in [2.05, 4.69) is 0 Å². The van der Waals surface area contributed by atoms with Crippen LogP contribution in [-0.4, -0.2) is 23.2 Å². The minimum Gasteiger partial charge on any atom is -0.484 e. The number of hydrogen-bond acceptors (Lipinski definition) is 5. The number of nitro benzene ring substituents is 1. The summed E-state index contributed by atoms with van der Waals surface area (Å²) in [7, 11) is 0. The van der Waals surface area contributed by atoms with Crippen molar-refractivity contribution in [3.8, 4) is 17.2 Å². The molecule has 0 amide bonds. The highest BCUT2D eigenvalue weighted by molar-refractivity contribution is 6.35. The second kappa shape index (κ2) is 7.31. The molecule has 0 aliphatic carbocycles. The first-order chi connectivity index (χ1) is 10.5. The Balaban J connectivity index is 2.29. The van der Waals surface area contributed by atoms with Gasteiger partial charge in [-0.1, -0.05) is 23.2 Å². The maximum Gasteiger partial charge on any atom is 0.311 e. The molecule has 2 aromatic rings. The lowest BCUT2D eigenvalue weighted by atomic mass is 10.2. The van der Waals surface area contributed by atoms with Crippen LogP contribution in [-0.2, 0) is 0 Å². The minimum absolute atomic E-state index is 0.00151. The molecule has 0 spiro atoms. The Hall–Kier alpha value is -2.02. The molecule has 8 heteroatoms. The average molecular weight is 344 g/mol. The number of hydrogen-bond donors (Lipinski definition) is 1. The molecular formula is C14H11Cl2NO5. The number of nitrogens with zero attached hydrogens (tertiary/aromatic N) is 1. The van der Waals surface area contributed by atoms with Gasteiger partial charge in [-0.05, 0) is 24.3 Å². The lowest BCUT2D eigenvalue weighted by Gasteiger charge is -2.10. The van der Waals surface area contributed by atoms with Crippen LogP contribution in [0.2, 0.25) is 10.0 Å². The fourth-order valence-corrected chi connectivity index (χ4v) is 2.11. The van der Waals surface area contributed by atoms with Crippen molar-refractivity contribution in [2.45, 2.75) is 0 Å². The topological polar surface area (TPSA) is 81.8 Å². The van der Waals surface area contributed by atoms with E-state index in [0.29, 0.717) is 21.5 Å². The molecular weight excluding hydrogens is 333 g/mol. The molecule has 0 heterocycles. The molecule has 0 aliphatic rings. The van der Waals surface area contributed by atoms with E-state index in [9.17, 15) is 10.1 Å². The monoisotopic (exact) mass is 343 g/mol. The maximum absolute atomic E-state index is 10.9. The van der Waals surface area contributed by atoms with Crippen LogP contribution in [0.3, 0.4) is 0 Å². The maximum atomic E-state index is 10.9. The van der Waals surface area contributed by atoms with Gasteiger partial charge in [0.15, 0.2) is 0 Å². The van der Waals surface area contributed by atoms with Gasteiger partial charge in [0.05, 0.1) is 16.6 Å². The van der Waals surface area contributed by atoms with E-state index in [0.717, 1.165) is 0 Å². The fraction of sp³-hybridized carbons (Fsp3) is 0.143. The van der Waals surface area contributed by atoms with Crippen molar-refractivity contribution in [1.82, 2.24) is 0 Å². The first-order valence-electron chi connectivity index (χ1n) is 6.16. The Morgan fingerprint density at radius 2 is 1.91 bits per heavy atom. The van der Waals surface area contributed by atoms with E-state index in [1.807, 2.05) is 0 Å². The second-order valence-corrected chi connectivity index (χ2v) is 4.98. The predicted molar refractivity (Wildman–Crippen MR) is 82.2 cm³/mol. The lowest BCUT2D eigenvalue weighted by molar-refractivity contribution is -0.385. The molecule has 0 unspecified atom stereocenters. The zero-order valence-corrected chi connectivity index (χ0v) is 12.7. The minimum atomic E-state index is -0.578. The number of halogens is 2. The van der Waals surface area contributed by atoms with Crippen LogP contribution in [0.15, 0.2) is 36.4 Å². The van der Waals surface area contributed by atoms with Gasteiger partial charge in [0.1, 0.15) is 18.1 Å². The zero-order valence-electron chi connectivity index (χ0n) is 11.2. The molecule has 0 aliphatic heterocycles. The average Bonchev–Trinajstić information content (AvgIpc) is 2.48.